The molecule has 0 spiro atoms. The highest BCUT2D eigenvalue weighted by Crippen LogP contribution is 2.19. The molecule has 1 aromatic rings. The molecule has 0 atom stereocenters. The number of halogens is 3. The molecule has 0 radical (unpaired) electrons. The van der Waals surface area contributed by atoms with E-state index in [0.717, 1.165) is 0 Å². The van der Waals surface area contributed by atoms with Gasteiger partial charge in [-0.3, -0.25) is 4.79 Å². The second-order valence-corrected chi connectivity index (χ2v) is 3.30. The zero-order valence-corrected chi connectivity index (χ0v) is 8.52. The quantitative estimate of drug-likeness (QED) is 0.545. The maximum atomic E-state index is 11.8. The van der Waals surface area contributed by atoms with Gasteiger partial charge in [-0.05, 0) is 5.16 Å². The van der Waals surface area contributed by atoms with Crippen LogP contribution in [0, 0.1) is 0 Å². The van der Waals surface area contributed by atoms with E-state index in [2.05, 4.69) is 24.9 Å². The van der Waals surface area contributed by atoms with Crippen LogP contribution in [-0.2, 0) is 16.1 Å². The van der Waals surface area contributed by atoms with Crippen molar-refractivity contribution in [3.8, 4) is 0 Å². The summed E-state index contributed by atoms with van der Waals surface area (Å²) < 4.78 is 39.8. The summed E-state index contributed by atoms with van der Waals surface area (Å²) in [5.41, 5.74) is -0.181. The molecule has 18 heavy (non-hydrogen) atoms. The Morgan fingerprint density at radius 2 is 2.06 bits per heavy atom. The molecule has 1 aliphatic rings. The molecule has 0 saturated heterocycles. The fraction of sp³-hybridized carbons (Fsp3) is 0.375. The van der Waals surface area contributed by atoms with Gasteiger partial charge in [0, 0.05) is 12.8 Å². The Labute approximate surface area is 96.5 Å². The number of alkyl halides is 3. The molecule has 1 aromatic heterocycles. The molecule has 0 fully saturated rings. The second-order valence-electron chi connectivity index (χ2n) is 3.30. The first-order valence-electron chi connectivity index (χ1n) is 4.60. The molecule has 0 N–H and O–H groups in total. The lowest BCUT2D eigenvalue weighted by molar-refractivity contribution is -0.199. The average molecular weight is 263 g/mol. The summed E-state index contributed by atoms with van der Waals surface area (Å²) in [5, 5.41) is 9.61. The summed E-state index contributed by atoms with van der Waals surface area (Å²) in [5.74, 6) is -3.26. The maximum Gasteiger partial charge on any atom is 0.493 e. The first-order valence-corrected chi connectivity index (χ1v) is 4.60. The topological polar surface area (TPSA) is 94.7 Å². The van der Waals surface area contributed by atoms with Crippen molar-refractivity contribution >= 4 is 17.5 Å². The number of aromatic nitrogens is 2. The molecule has 1 aliphatic carbocycles. The smallest absolute Gasteiger partial charge is 0.308 e. The molecule has 96 valence electrons. The Bertz CT molecular complexity index is 534. The zero-order chi connectivity index (χ0) is 13.3. The van der Waals surface area contributed by atoms with Gasteiger partial charge in [-0.2, -0.15) is 13.2 Å². The minimum Gasteiger partial charge on any atom is -0.308 e. The number of aryl methyl sites for hydroxylation is 1. The van der Waals surface area contributed by atoms with Crippen molar-refractivity contribution in [2.75, 3.05) is 0 Å². The van der Waals surface area contributed by atoms with E-state index in [4.69, 9.17) is 0 Å². The fourth-order valence-electron chi connectivity index (χ4n) is 1.27. The largest absolute Gasteiger partial charge is 0.493 e. The number of hydrogen-bond donors (Lipinski definition) is 0. The Morgan fingerprint density at radius 3 is 2.72 bits per heavy atom. The van der Waals surface area contributed by atoms with Crippen LogP contribution in [0.3, 0.4) is 0 Å². The van der Waals surface area contributed by atoms with Crippen LogP contribution in [-0.4, -0.2) is 34.0 Å². The molecule has 0 amide bonds. The van der Waals surface area contributed by atoms with Gasteiger partial charge in [0.05, 0.1) is 0 Å². The van der Waals surface area contributed by atoms with Crippen molar-refractivity contribution in [1.29, 1.82) is 0 Å². The molecule has 10 heteroatoms. The number of ketones is 1. The summed E-state index contributed by atoms with van der Waals surface area (Å²) in [4.78, 5) is 25.6. The predicted octanol–water partition coefficient (Wildman–Crippen LogP) is 0.660. The van der Waals surface area contributed by atoms with Crippen LogP contribution in [0.1, 0.15) is 22.6 Å². The lowest BCUT2D eigenvalue weighted by Gasteiger charge is -2.08. The monoisotopic (exact) mass is 263 g/mol. The SMILES string of the molecule is O=C1/C(=N\OC(=O)C(F)(F)F)CCc2nonc21. The van der Waals surface area contributed by atoms with Crippen molar-refractivity contribution in [3.63, 3.8) is 0 Å². The van der Waals surface area contributed by atoms with Gasteiger partial charge < -0.3 is 4.84 Å². The van der Waals surface area contributed by atoms with Crippen LogP contribution in [0.25, 0.3) is 0 Å². The van der Waals surface area contributed by atoms with Crippen LogP contribution in [0.2, 0.25) is 0 Å². The first-order chi connectivity index (χ1) is 8.39. The van der Waals surface area contributed by atoms with Crippen LogP contribution >= 0.6 is 0 Å². The molecular weight excluding hydrogens is 259 g/mol. The number of fused-ring (bicyclic) bond motifs is 1. The van der Waals surface area contributed by atoms with Gasteiger partial charge in [0.2, 0.25) is 5.78 Å². The summed E-state index contributed by atoms with van der Waals surface area (Å²) in [6, 6.07) is 0. The fourth-order valence-corrected chi connectivity index (χ4v) is 1.27. The highest BCUT2D eigenvalue weighted by Gasteiger charge is 2.42. The number of hydrogen-bond acceptors (Lipinski definition) is 7. The lowest BCUT2D eigenvalue weighted by atomic mass is 9.98. The number of rotatable bonds is 1. The van der Waals surface area contributed by atoms with E-state index in [1.165, 1.54) is 0 Å². The minimum atomic E-state index is -5.16. The third-order valence-corrected chi connectivity index (χ3v) is 2.10. The van der Waals surface area contributed by atoms with Gasteiger partial charge in [0.25, 0.3) is 0 Å². The molecule has 7 nitrogen and oxygen atoms in total. The van der Waals surface area contributed by atoms with Crippen LogP contribution in [0.4, 0.5) is 13.2 Å². The van der Waals surface area contributed by atoms with E-state index in [1.807, 2.05) is 0 Å². The van der Waals surface area contributed by atoms with E-state index in [0.29, 0.717) is 5.69 Å². The van der Waals surface area contributed by atoms with Crippen molar-refractivity contribution < 1.29 is 32.2 Å². The van der Waals surface area contributed by atoms with Crippen molar-refractivity contribution in [2.45, 2.75) is 19.0 Å². The van der Waals surface area contributed by atoms with Crippen LogP contribution in [0.5, 0.6) is 0 Å². The first kappa shape index (κ1) is 12.2. The Balaban J connectivity index is 2.13. The van der Waals surface area contributed by atoms with Crippen LogP contribution < -0.4 is 0 Å². The van der Waals surface area contributed by atoms with Gasteiger partial charge in [-0.1, -0.05) is 10.3 Å². The summed E-state index contributed by atoms with van der Waals surface area (Å²) in [7, 11) is 0. The molecule has 0 aromatic carbocycles. The third kappa shape index (κ3) is 2.21. The highest BCUT2D eigenvalue weighted by atomic mass is 19.4. The van der Waals surface area contributed by atoms with E-state index in [-0.39, 0.29) is 24.2 Å². The molecule has 0 aliphatic heterocycles. The van der Waals surface area contributed by atoms with E-state index >= 15 is 0 Å². The number of nitrogens with zero attached hydrogens (tertiary/aromatic N) is 3. The van der Waals surface area contributed by atoms with E-state index in [9.17, 15) is 22.8 Å². The maximum absolute atomic E-state index is 11.8. The van der Waals surface area contributed by atoms with Gasteiger partial charge >= 0.3 is 12.1 Å². The number of oxime groups is 1. The molecule has 1 heterocycles. The van der Waals surface area contributed by atoms with Gasteiger partial charge in [0.1, 0.15) is 11.4 Å². The molecule has 0 unspecified atom stereocenters. The second kappa shape index (κ2) is 4.20. The summed E-state index contributed by atoms with van der Waals surface area (Å²) >= 11 is 0. The van der Waals surface area contributed by atoms with Crippen molar-refractivity contribution in [2.24, 2.45) is 5.16 Å². The number of Topliss-reactive ketones (excluding diaryl/α,β-unsaturated/α-hetero) is 1. The van der Waals surface area contributed by atoms with E-state index in [1.54, 1.807) is 0 Å². The number of carbonyl (C=O) groups is 2. The van der Waals surface area contributed by atoms with E-state index < -0.39 is 17.9 Å². The Morgan fingerprint density at radius 1 is 1.33 bits per heavy atom. The molecule has 0 bridgehead atoms. The molecular formula is C8H4F3N3O4. The zero-order valence-electron chi connectivity index (χ0n) is 8.52. The summed E-state index contributed by atoms with van der Waals surface area (Å²) in [6.07, 6.45) is -4.96. The lowest BCUT2D eigenvalue weighted by Crippen LogP contribution is -2.27. The third-order valence-electron chi connectivity index (χ3n) is 2.10. The number of carbonyl (C=O) groups excluding carboxylic acids is 2. The van der Waals surface area contributed by atoms with Crippen molar-refractivity contribution in [3.05, 3.63) is 11.4 Å². The molecule has 0 saturated carbocycles. The standard InChI is InChI=1S/C8H4F3N3O4/c9-8(10,11)7(16)17-12-4-2-1-3-5(6(4)15)14-18-13-3/h1-2H2/b12-4-. The highest BCUT2D eigenvalue weighted by molar-refractivity contribution is 6.46. The Hall–Kier alpha value is -2.26. The average Bonchev–Trinajstić information content (AvgIpc) is 2.75. The van der Waals surface area contributed by atoms with Gasteiger partial charge in [-0.25, -0.2) is 9.42 Å². The molecule has 2 rings (SSSR count). The minimum absolute atomic E-state index is 0.00875. The predicted molar refractivity (Wildman–Crippen MR) is 46.5 cm³/mol. The summed E-state index contributed by atoms with van der Waals surface area (Å²) in [6.45, 7) is 0. The van der Waals surface area contributed by atoms with Gasteiger partial charge in [-0.15, -0.1) is 0 Å². The Kier molecular flexibility index (Phi) is 2.85. The van der Waals surface area contributed by atoms with Crippen LogP contribution in [0.15, 0.2) is 9.78 Å². The van der Waals surface area contributed by atoms with Gasteiger partial charge in [0.15, 0.2) is 5.69 Å². The van der Waals surface area contributed by atoms with Crippen molar-refractivity contribution in [1.82, 2.24) is 10.3 Å². The normalized spacial score (nSPS) is 17.7.